The van der Waals surface area contributed by atoms with Gasteiger partial charge in [0.1, 0.15) is 46.1 Å². The van der Waals surface area contributed by atoms with Gasteiger partial charge in [0, 0.05) is 64.0 Å². The summed E-state index contributed by atoms with van der Waals surface area (Å²) in [7, 11) is 10.1. The van der Waals surface area contributed by atoms with Crippen LogP contribution >= 0.6 is 78.2 Å². The van der Waals surface area contributed by atoms with Gasteiger partial charge in [0.15, 0.2) is 5.96 Å². The van der Waals surface area contributed by atoms with Crippen molar-refractivity contribution in [3.8, 4) is 23.0 Å². The van der Waals surface area contributed by atoms with Crippen LogP contribution in [-0.2, 0) is 88.2 Å². The van der Waals surface area contributed by atoms with E-state index in [1.54, 1.807) is 46.5 Å². The third-order valence-electron chi connectivity index (χ3n) is 13.8. The van der Waals surface area contributed by atoms with Crippen LogP contribution in [0.15, 0.2) is 107 Å². The first-order valence-electron chi connectivity index (χ1n) is 32.7. The average Bonchev–Trinajstić information content (AvgIpc) is 0.830. The van der Waals surface area contributed by atoms with Crippen molar-refractivity contribution in [3.05, 3.63) is 225 Å². The number of thioether (sulfide) groups is 1. The largest absolute Gasteiger partial charge is 0.496 e. The highest BCUT2D eigenvalue weighted by Gasteiger charge is 2.26. The van der Waals surface area contributed by atoms with E-state index in [1.165, 1.54) is 80.6 Å². The molecule has 0 spiro atoms. The molecule has 29 nitrogen and oxygen atoms in total. The van der Waals surface area contributed by atoms with Crippen molar-refractivity contribution in [1.29, 1.82) is 5.41 Å². The zero-order chi connectivity index (χ0) is 85.9. The summed E-state index contributed by atoms with van der Waals surface area (Å²) in [5.74, 6) is 1.34. The molecule has 0 saturated heterocycles. The Morgan fingerprint density at radius 1 is 0.721 bits per heavy atom. The van der Waals surface area contributed by atoms with Gasteiger partial charge in [-0.3, -0.25) is 29.3 Å². The zero-order valence-corrected chi connectivity index (χ0v) is 71.0. The average molecular weight is 1720 g/mol. The van der Waals surface area contributed by atoms with Crippen LogP contribution in [0.2, 0.25) is 5.15 Å². The number of H-pyrrole nitrogens is 1. The van der Waals surface area contributed by atoms with Gasteiger partial charge in [-0.2, -0.15) is 11.8 Å². The number of nitrogens with one attached hydrogen (secondary N) is 2. The molecule has 0 fully saturated rings. The molecule has 36 heteroatoms. The first-order valence-corrected chi connectivity index (χ1v) is 39.7. The number of anilines is 2. The number of halogens is 5. The first-order chi connectivity index (χ1) is 52.2. The van der Waals surface area contributed by atoms with Crippen molar-refractivity contribution < 1.29 is 66.8 Å². The van der Waals surface area contributed by atoms with Gasteiger partial charge in [0.25, 0.3) is 5.56 Å². The molecular formula is C75H100BrCl4N14O15PS. The number of Topliss-reactive ketones (excluding diaryl/α,β-unsaturated/α-hetero) is 1. The van der Waals surface area contributed by atoms with Crippen LogP contribution in [0, 0.1) is 51.5 Å². The number of guanidine groups is 1. The smallest absolute Gasteiger partial charge is 0.339 e. The number of aldehydes is 1. The van der Waals surface area contributed by atoms with E-state index >= 15 is 0 Å². The normalized spacial score (nSPS) is 10.3. The van der Waals surface area contributed by atoms with Gasteiger partial charge in [-0.05, 0) is 205 Å². The fraction of sp³-hybridized carbons (Fsp3) is 0.387. The number of nitrogen functional groups attached to an aromatic ring is 2. The van der Waals surface area contributed by atoms with E-state index in [2.05, 4.69) is 141 Å². The number of aliphatic hydroxyl groups excluding tert-OH is 1. The number of nitrogens with zero attached hydrogens (tertiary/aromatic N) is 7. The molecule has 606 valence electrons. The summed E-state index contributed by atoms with van der Waals surface area (Å²) in [6.45, 7) is 45.3. The number of benzene rings is 4. The van der Waals surface area contributed by atoms with E-state index in [0.29, 0.717) is 66.4 Å². The highest BCUT2D eigenvalue weighted by molar-refractivity contribution is 9.10. The molecule has 4 aromatic carbocycles. The molecule has 2 unspecified atom stereocenters. The number of aliphatic hydroxyl groups is 1. The number of aromatic nitrogens is 4. The molecule has 0 amide bonds. The van der Waals surface area contributed by atoms with Crippen molar-refractivity contribution in [2.24, 2.45) is 23.1 Å². The number of esters is 3. The van der Waals surface area contributed by atoms with Gasteiger partial charge < -0.3 is 91.1 Å². The Labute approximate surface area is 682 Å². The van der Waals surface area contributed by atoms with Crippen LogP contribution in [0.5, 0.6) is 23.0 Å². The number of rotatable bonds is 25. The van der Waals surface area contributed by atoms with Gasteiger partial charge in [-0.15, -0.1) is 0 Å². The van der Waals surface area contributed by atoms with Gasteiger partial charge in [-0.1, -0.05) is 44.5 Å². The number of hydrogen-bond acceptors (Lipinski definition) is 23. The Morgan fingerprint density at radius 3 is 1.43 bits per heavy atom. The molecule has 2 heterocycles. The molecule has 0 radical (unpaired) electrons. The van der Waals surface area contributed by atoms with Gasteiger partial charge in [0.2, 0.25) is 38.1 Å². The number of aryl methyl sites for hydroxylation is 2. The van der Waals surface area contributed by atoms with Crippen molar-refractivity contribution in [3.63, 3.8) is 0 Å². The number of nitrogens with two attached hydrogens (primary N) is 5. The second-order valence-electron chi connectivity index (χ2n) is 22.1. The zero-order valence-electron chi connectivity index (χ0n) is 64.6. The standard InChI is InChI=1S/C15H15ClN4O.C15H16N4O2.C15H17NO4.C9H8BrNO.C8H19NS.C6H10O3.C4H6O2.C2H4O.CH5N3.Cl3OP/c1-9-12(14(16)20-15(17)19-9)7-11-6-10(8-18-2)4-5-13(11)21-3;1-9-12(14(20)19-15(16)18-9)7-11-6-10(8-17-2)4-5-13(11)21-3;1-10(17)13(15(18)20-4)8-12-7-11(9-16-2)5-6-14(12)19-3;1-11-6-7-3-4-9(12-2)8(10)5-7;1-3-4-5-8(9)6-7-10-2;1-4(5(2)7)6(8)9-3;1-3-4(5)6-2;1-2-3;2-1(3)4;1-5(2,3)4/h4-6H,7-8H2,1,3H3,(H2,17,19,20);4-6H,7-8H2,1,3H3,(H3,16,18,19,20);5-7,13H,8-9H2,1,3-4H3;3-5H,6H2,2H3;8H,3-7,9H2,1-2H3;5,7H,1H2,2-3H3;3H,1H2,2H3;2H,1H3;(H5,2,3,4);/t;;;;8-;;;;;/m....0...../s1. The quantitative estimate of drug-likeness (QED) is 0.00252. The molecular weight excluding hydrogens is 1620 g/mol. The lowest BCUT2D eigenvalue weighted by molar-refractivity contribution is -0.149. The highest BCUT2D eigenvalue weighted by Crippen LogP contribution is 2.61. The second kappa shape index (κ2) is 62.9. The summed E-state index contributed by atoms with van der Waals surface area (Å²) >= 11 is 25.2. The Balaban J connectivity index is -0.000000604. The van der Waals surface area contributed by atoms with Crippen LogP contribution in [0.25, 0.3) is 19.4 Å². The van der Waals surface area contributed by atoms with E-state index < -0.39 is 35.1 Å². The number of unbranched alkanes of at least 4 members (excludes halogenated alkanes) is 1. The number of methoxy groups -OCH3 is 7. The van der Waals surface area contributed by atoms with Crippen LogP contribution < -0.4 is 53.2 Å². The maximum Gasteiger partial charge on any atom is 0.339 e. The van der Waals surface area contributed by atoms with Crippen molar-refractivity contribution >= 4 is 126 Å². The Bertz CT molecular complexity index is 4160. The predicted molar refractivity (Wildman–Crippen MR) is 445 cm³/mol. The Kier molecular flexibility index (Phi) is 61.0. The fourth-order valence-corrected chi connectivity index (χ4v) is 9.84. The van der Waals surface area contributed by atoms with E-state index in [4.69, 9.17) is 89.3 Å². The number of hydrogen-bond donors (Lipinski definition) is 8. The number of ether oxygens (including phenoxy) is 7. The van der Waals surface area contributed by atoms with E-state index in [1.807, 2.05) is 73.3 Å². The van der Waals surface area contributed by atoms with Gasteiger partial charge >= 0.3 is 23.1 Å². The number of carbonyl (C=O) groups excluding carboxylic acids is 5. The number of aromatic amines is 1. The molecule has 2 aromatic heterocycles. The predicted octanol–water partition coefficient (Wildman–Crippen LogP) is 14.2. The molecule has 111 heavy (non-hydrogen) atoms. The maximum atomic E-state index is 12.0. The van der Waals surface area contributed by atoms with E-state index in [9.17, 15) is 28.5 Å². The summed E-state index contributed by atoms with van der Waals surface area (Å²) in [4.78, 5) is 92.4. The van der Waals surface area contributed by atoms with Crippen molar-refractivity contribution in [1.82, 2.24) is 19.9 Å². The molecule has 0 bridgehead atoms. The molecule has 0 saturated carbocycles. The summed E-state index contributed by atoms with van der Waals surface area (Å²) < 4.78 is 44.4. The summed E-state index contributed by atoms with van der Waals surface area (Å²) in [5.41, 5.74) is 34.5. The van der Waals surface area contributed by atoms with Gasteiger partial charge in [0.05, 0.1) is 71.6 Å². The lowest BCUT2D eigenvalue weighted by Crippen LogP contribution is -2.25. The van der Waals surface area contributed by atoms with Crippen LogP contribution in [0.4, 0.5) is 11.9 Å². The fourth-order valence-electron chi connectivity index (χ4n) is 8.42. The Hall–Kier alpha value is -9.76. The van der Waals surface area contributed by atoms with E-state index in [0.717, 1.165) is 78.5 Å². The minimum Gasteiger partial charge on any atom is -0.496 e. The lowest BCUT2D eigenvalue weighted by atomic mass is 9.94. The van der Waals surface area contributed by atoms with Crippen molar-refractivity contribution in [2.75, 3.05) is 73.2 Å². The molecule has 6 aromatic rings. The molecule has 3 atom stereocenters. The number of ketones is 1. The molecule has 13 N–H and O–H groups in total. The monoisotopic (exact) mass is 1720 g/mol. The summed E-state index contributed by atoms with van der Waals surface area (Å²) in [5, 5.41) is 11.9. The molecule has 0 aliphatic carbocycles. The van der Waals surface area contributed by atoms with Crippen molar-refractivity contribution in [2.45, 2.75) is 125 Å². The van der Waals surface area contributed by atoms with Crippen LogP contribution in [-0.4, -0.2) is 135 Å². The summed E-state index contributed by atoms with van der Waals surface area (Å²) in [6.07, 6.45) is 9.23. The van der Waals surface area contributed by atoms with Crippen LogP contribution in [0.3, 0.4) is 0 Å². The SMILES string of the molecule is C=C(C(=O)OC)C(C)O.C=CC(=O)OC.CC=O.CCCC[C@H](N)CCSC.N=C(N)N.O=P(Cl)(Cl)Cl.[C-]#[N+]Cc1ccc(OC)c(Br)c1.[C-]#[N+]Cc1ccc(OC)c(CC(C(C)=O)C(=O)OC)c1.[C-]#[N+]Cc1ccc(OC)c(Cc2c(C)nc(N)[nH]c2=O)c1.[C-]#[N+]Cc1ccc(OC)c(Cc2c(C)nc(N)nc2Cl)c1. The summed E-state index contributed by atoms with van der Waals surface area (Å²) in [6, 6.07) is 22.6. The molecule has 6 rings (SSSR count). The lowest BCUT2D eigenvalue weighted by Gasteiger charge is -2.14. The maximum absolute atomic E-state index is 12.0. The molecule has 0 aliphatic rings. The van der Waals surface area contributed by atoms with E-state index in [-0.39, 0.29) is 47.7 Å². The minimum atomic E-state index is -3.22. The minimum absolute atomic E-state index is 0.0810. The number of carbonyl (C=O) groups is 5. The third kappa shape index (κ3) is 50.6. The van der Waals surface area contributed by atoms with Crippen LogP contribution in [0.1, 0.15) is 115 Å². The first kappa shape index (κ1) is 108. The third-order valence-corrected chi connectivity index (χ3v) is 15.4. The molecule has 0 aliphatic heterocycles. The topological polar surface area (TPSA) is 430 Å². The second-order valence-corrected chi connectivity index (χ2v) is 30.9. The highest BCUT2D eigenvalue weighted by atomic mass is 79.9. The van der Waals surface area contributed by atoms with Gasteiger partial charge in [-0.25, -0.2) is 50.8 Å². The Morgan fingerprint density at radius 2 is 1.12 bits per heavy atom.